The lowest BCUT2D eigenvalue weighted by atomic mass is 10.0. The van der Waals surface area contributed by atoms with Gasteiger partial charge in [0.2, 0.25) is 0 Å². The second kappa shape index (κ2) is 7.27. The van der Waals surface area contributed by atoms with Crippen molar-refractivity contribution in [1.29, 1.82) is 0 Å². The second-order valence-electron chi connectivity index (χ2n) is 5.03. The average molecular weight is 290 g/mol. The van der Waals surface area contributed by atoms with Crippen LogP contribution in [0.1, 0.15) is 36.7 Å². The van der Waals surface area contributed by atoms with E-state index < -0.39 is 11.6 Å². The molecule has 0 aliphatic rings. The summed E-state index contributed by atoms with van der Waals surface area (Å²) in [7, 11) is 0. The van der Waals surface area contributed by atoms with Gasteiger partial charge in [-0.25, -0.2) is 8.78 Å². The van der Waals surface area contributed by atoms with Crippen LogP contribution in [-0.2, 0) is 12.8 Å². The summed E-state index contributed by atoms with van der Waals surface area (Å²) in [6.07, 6.45) is 3.39. The van der Waals surface area contributed by atoms with E-state index in [1.807, 2.05) is 25.3 Å². The largest absolute Gasteiger partial charge is 0.310 e. The molecule has 1 aromatic heterocycles. The molecule has 0 bridgehead atoms. The molecule has 2 aromatic rings. The van der Waals surface area contributed by atoms with Crippen LogP contribution in [0.5, 0.6) is 0 Å². The molecule has 1 aromatic carbocycles. The molecule has 1 unspecified atom stereocenters. The lowest BCUT2D eigenvalue weighted by molar-refractivity contribution is 0.525. The van der Waals surface area contributed by atoms with E-state index in [1.54, 1.807) is 0 Å². The van der Waals surface area contributed by atoms with Gasteiger partial charge in [0.15, 0.2) is 0 Å². The average Bonchev–Trinajstić information content (AvgIpc) is 2.46. The number of halogens is 2. The summed E-state index contributed by atoms with van der Waals surface area (Å²) in [6, 6.07) is 7.49. The van der Waals surface area contributed by atoms with Gasteiger partial charge in [0, 0.05) is 30.4 Å². The fraction of sp³-hybridized carbons (Fsp3) is 0.353. The molecule has 2 nitrogen and oxygen atoms in total. The topological polar surface area (TPSA) is 24.9 Å². The summed E-state index contributed by atoms with van der Waals surface area (Å²) >= 11 is 0. The number of hydrogen-bond donors (Lipinski definition) is 1. The Balaban J connectivity index is 2.21. The molecule has 0 radical (unpaired) electrons. The molecule has 21 heavy (non-hydrogen) atoms. The summed E-state index contributed by atoms with van der Waals surface area (Å²) in [6.45, 7) is 4.76. The van der Waals surface area contributed by atoms with Gasteiger partial charge in [-0.2, -0.15) is 0 Å². The molecular formula is C17H20F2N2. The predicted octanol–water partition coefficient (Wildman–Crippen LogP) is 3.82. The van der Waals surface area contributed by atoms with E-state index in [4.69, 9.17) is 0 Å². The van der Waals surface area contributed by atoms with E-state index in [1.165, 1.54) is 17.7 Å². The van der Waals surface area contributed by atoms with Crippen molar-refractivity contribution in [1.82, 2.24) is 10.3 Å². The van der Waals surface area contributed by atoms with Crippen molar-refractivity contribution in [3.63, 3.8) is 0 Å². The summed E-state index contributed by atoms with van der Waals surface area (Å²) in [5.41, 5.74) is 2.69. The first-order valence-electron chi connectivity index (χ1n) is 7.25. The van der Waals surface area contributed by atoms with E-state index in [0.29, 0.717) is 12.0 Å². The van der Waals surface area contributed by atoms with Gasteiger partial charge in [-0.1, -0.05) is 19.9 Å². The lowest BCUT2D eigenvalue weighted by Crippen LogP contribution is -2.23. The Kier molecular flexibility index (Phi) is 5.39. The van der Waals surface area contributed by atoms with Gasteiger partial charge in [0.1, 0.15) is 11.6 Å². The van der Waals surface area contributed by atoms with E-state index in [0.717, 1.165) is 24.7 Å². The van der Waals surface area contributed by atoms with Gasteiger partial charge in [-0.3, -0.25) is 4.98 Å². The first kappa shape index (κ1) is 15.6. The van der Waals surface area contributed by atoms with Crippen molar-refractivity contribution in [2.24, 2.45) is 0 Å². The normalized spacial score (nSPS) is 12.4. The van der Waals surface area contributed by atoms with Crippen molar-refractivity contribution >= 4 is 0 Å². The van der Waals surface area contributed by atoms with Crippen LogP contribution < -0.4 is 5.32 Å². The number of nitrogens with zero attached hydrogens (tertiary/aromatic N) is 1. The zero-order valence-electron chi connectivity index (χ0n) is 12.4. The van der Waals surface area contributed by atoms with Crippen molar-refractivity contribution in [3.8, 4) is 0 Å². The SMILES string of the molecule is CCNC(Cc1ccc(CC)cn1)c1cc(F)cc(F)c1. The van der Waals surface area contributed by atoms with E-state index in [9.17, 15) is 8.78 Å². The summed E-state index contributed by atoms with van der Waals surface area (Å²) in [5.74, 6) is -1.11. The number of hydrogen-bond acceptors (Lipinski definition) is 2. The molecule has 112 valence electrons. The number of rotatable bonds is 6. The van der Waals surface area contributed by atoms with Crippen LogP contribution in [-0.4, -0.2) is 11.5 Å². The fourth-order valence-corrected chi connectivity index (χ4v) is 2.32. The van der Waals surface area contributed by atoms with Crippen LogP contribution in [0.15, 0.2) is 36.5 Å². The molecule has 0 spiro atoms. The minimum atomic E-state index is -0.554. The quantitative estimate of drug-likeness (QED) is 0.875. The number of aromatic nitrogens is 1. The van der Waals surface area contributed by atoms with Crippen LogP contribution in [0.2, 0.25) is 0 Å². The minimum Gasteiger partial charge on any atom is -0.310 e. The first-order valence-corrected chi connectivity index (χ1v) is 7.25. The molecule has 2 rings (SSSR count). The molecule has 1 atom stereocenters. The highest BCUT2D eigenvalue weighted by molar-refractivity contribution is 5.24. The molecule has 0 aliphatic carbocycles. The first-order chi connectivity index (χ1) is 10.1. The highest BCUT2D eigenvalue weighted by Gasteiger charge is 2.14. The van der Waals surface area contributed by atoms with Crippen molar-refractivity contribution in [3.05, 3.63) is 65.0 Å². The summed E-state index contributed by atoms with van der Waals surface area (Å²) < 4.78 is 26.8. The highest BCUT2D eigenvalue weighted by atomic mass is 19.1. The molecule has 0 amide bonds. The maximum atomic E-state index is 13.4. The second-order valence-corrected chi connectivity index (χ2v) is 5.03. The Hall–Kier alpha value is -1.81. The van der Waals surface area contributed by atoms with Gasteiger partial charge in [0.05, 0.1) is 0 Å². The Morgan fingerprint density at radius 3 is 2.33 bits per heavy atom. The summed E-state index contributed by atoms with van der Waals surface area (Å²) in [4.78, 5) is 4.41. The standard InChI is InChI=1S/C17H20F2N2/c1-3-12-5-6-16(21-11-12)10-17(20-4-2)13-7-14(18)9-15(19)8-13/h5-9,11,17,20H,3-4,10H2,1-2H3. The third kappa shape index (κ3) is 4.33. The molecule has 4 heteroatoms. The zero-order valence-corrected chi connectivity index (χ0v) is 12.4. The van der Waals surface area contributed by atoms with Gasteiger partial charge in [-0.05, 0) is 42.3 Å². The van der Waals surface area contributed by atoms with Crippen LogP contribution in [0.25, 0.3) is 0 Å². The van der Waals surface area contributed by atoms with Crippen molar-refractivity contribution in [2.75, 3.05) is 6.54 Å². The fourth-order valence-electron chi connectivity index (χ4n) is 2.32. The predicted molar refractivity (Wildman–Crippen MR) is 80.1 cm³/mol. The summed E-state index contributed by atoms with van der Waals surface area (Å²) in [5, 5.41) is 3.26. The molecule has 0 fully saturated rings. The Bertz CT molecular complexity index is 562. The number of pyridine rings is 1. The monoisotopic (exact) mass is 290 g/mol. The third-order valence-corrected chi connectivity index (χ3v) is 3.45. The van der Waals surface area contributed by atoms with Gasteiger partial charge < -0.3 is 5.32 Å². The van der Waals surface area contributed by atoms with Crippen LogP contribution in [0, 0.1) is 11.6 Å². The number of nitrogens with one attached hydrogen (secondary N) is 1. The van der Waals surface area contributed by atoms with Crippen molar-refractivity contribution in [2.45, 2.75) is 32.7 Å². The zero-order chi connectivity index (χ0) is 15.2. The van der Waals surface area contributed by atoms with Gasteiger partial charge >= 0.3 is 0 Å². The molecule has 0 saturated heterocycles. The maximum Gasteiger partial charge on any atom is 0.126 e. The number of likely N-dealkylation sites (N-methyl/N-ethyl adjacent to an activating group) is 1. The lowest BCUT2D eigenvalue weighted by Gasteiger charge is -2.18. The van der Waals surface area contributed by atoms with Gasteiger partial charge in [0.25, 0.3) is 0 Å². The highest BCUT2D eigenvalue weighted by Crippen LogP contribution is 2.20. The van der Waals surface area contributed by atoms with E-state index >= 15 is 0 Å². The van der Waals surface area contributed by atoms with E-state index in [-0.39, 0.29) is 6.04 Å². The molecule has 0 saturated carbocycles. The third-order valence-electron chi connectivity index (χ3n) is 3.45. The smallest absolute Gasteiger partial charge is 0.126 e. The van der Waals surface area contributed by atoms with Crippen LogP contribution in [0.3, 0.4) is 0 Å². The van der Waals surface area contributed by atoms with Crippen LogP contribution >= 0.6 is 0 Å². The molecule has 1 heterocycles. The molecule has 1 N–H and O–H groups in total. The van der Waals surface area contributed by atoms with Crippen LogP contribution in [0.4, 0.5) is 8.78 Å². The van der Waals surface area contributed by atoms with E-state index in [2.05, 4.69) is 17.2 Å². The number of benzene rings is 1. The Morgan fingerprint density at radius 2 is 1.81 bits per heavy atom. The van der Waals surface area contributed by atoms with Crippen molar-refractivity contribution < 1.29 is 8.78 Å². The van der Waals surface area contributed by atoms with Gasteiger partial charge in [-0.15, -0.1) is 0 Å². The minimum absolute atomic E-state index is 0.153. The molecule has 0 aliphatic heterocycles. The Morgan fingerprint density at radius 1 is 1.10 bits per heavy atom. The molecular weight excluding hydrogens is 270 g/mol. The maximum absolute atomic E-state index is 13.4. The Labute approximate surface area is 124 Å². The number of aryl methyl sites for hydroxylation is 1.